The number of aromatic nitrogens is 2. The van der Waals surface area contributed by atoms with Gasteiger partial charge in [0.15, 0.2) is 0 Å². The second kappa shape index (κ2) is 5.78. The zero-order valence-corrected chi connectivity index (χ0v) is 14.3. The zero-order chi connectivity index (χ0) is 15.8. The van der Waals surface area contributed by atoms with E-state index in [1.54, 1.807) is 24.9 Å². The molecule has 0 fully saturated rings. The van der Waals surface area contributed by atoms with Crippen LogP contribution >= 0.6 is 26.6 Å². The van der Waals surface area contributed by atoms with Gasteiger partial charge in [-0.2, -0.15) is 5.10 Å². The first-order valence-electron chi connectivity index (χ1n) is 5.74. The van der Waals surface area contributed by atoms with Gasteiger partial charge in [-0.15, -0.1) is 0 Å². The third-order valence-corrected chi connectivity index (χ3v) is 5.01. The van der Waals surface area contributed by atoms with Crippen LogP contribution < -0.4 is 5.32 Å². The van der Waals surface area contributed by atoms with Crippen LogP contribution in [0.15, 0.2) is 33.8 Å². The molecule has 9 heteroatoms. The van der Waals surface area contributed by atoms with Crippen LogP contribution in [0.25, 0.3) is 0 Å². The molecule has 0 bridgehead atoms. The molecule has 2 rings (SSSR count). The Bertz CT molecular complexity index is 817. The normalized spacial score (nSPS) is 11.4. The Balaban J connectivity index is 2.27. The Morgan fingerprint density at radius 2 is 2.10 bits per heavy atom. The highest BCUT2D eigenvalue weighted by Gasteiger charge is 2.16. The van der Waals surface area contributed by atoms with E-state index in [0.717, 1.165) is 0 Å². The molecule has 1 heterocycles. The molecule has 112 valence electrons. The molecule has 0 spiro atoms. The minimum absolute atomic E-state index is 0.0558. The Morgan fingerprint density at radius 3 is 2.57 bits per heavy atom. The molecule has 2 aromatic rings. The molecule has 0 unspecified atom stereocenters. The smallest absolute Gasteiger partial charge is 0.262 e. The molecule has 21 heavy (non-hydrogen) atoms. The summed E-state index contributed by atoms with van der Waals surface area (Å²) < 4.78 is 24.4. The molecule has 0 saturated heterocycles. The predicted octanol–water partition coefficient (Wildman–Crippen LogP) is 2.67. The van der Waals surface area contributed by atoms with Crippen molar-refractivity contribution in [3.63, 3.8) is 0 Å². The predicted molar refractivity (Wildman–Crippen MR) is 83.1 cm³/mol. The molecule has 0 atom stereocenters. The number of carbonyl (C=O) groups excluding carboxylic acids is 1. The van der Waals surface area contributed by atoms with Crippen molar-refractivity contribution >= 4 is 47.3 Å². The first-order valence-corrected chi connectivity index (χ1v) is 8.84. The van der Waals surface area contributed by atoms with Crippen molar-refractivity contribution in [3.8, 4) is 0 Å². The van der Waals surface area contributed by atoms with Gasteiger partial charge in [0.2, 0.25) is 0 Å². The van der Waals surface area contributed by atoms with Crippen LogP contribution in [0, 0.1) is 6.92 Å². The highest BCUT2D eigenvalue weighted by atomic mass is 79.9. The third-order valence-electron chi connectivity index (χ3n) is 2.71. The number of halogens is 2. The van der Waals surface area contributed by atoms with E-state index in [1.165, 1.54) is 18.2 Å². The standard InChI is InChI=1S/C12H11BrClN3O3S/c1-7-9(6-17(2)16-7)12(18)15-8-3-4-11(10(13)5-8)21(14,19)20/h3-6H,1-2H3,(H,15,18). The number of nitrogens with zero attached hydrogens (tertiary/aromatic N) is 2. The molecule has 0 saturated carbocycles. The average molecular weight is 393 g/mol. The SMILES string of the molecule is Cc1nn(C)cc1C(=O)Nc1ccc(S(=O)(=O)Cl)c(Br)c1. The lowest BCUT2D eigenvalue weighted by molar-refractivity contribution is 0.102. The topological polar surface area (TPSA) is 81.1 Å². The van der Waals surface area contributed by atoms with E-state index in [9.17, 15) is 13.2 Å². The summed E-state index contributed by atoms with van der Waals surface area (Å²) in [6.45, 7) is 1.73. The van der Waals surface area contributed by atoms with Gasteiger partial charge in [0, 0.05) is 34.1 Å². The van der Waals surface area contributed by atoms with E-state index in [1.807, 2.05) is 0 Å². The van der Waals surface area contributed by atoms with Crippen LogP contribution in [0.3, 0.4) is 0 Å². The summed E-state index contributed by atoms with van der Waals surface area (Å²) in [5, 5.41) is 6.76. The fourth-order valence-electron chi connectivity index (χ4n) is 1.80. The maximum Gasteiger partial charge on any atom is 0.262 e. The lowest BCUT2D eigenvalue weighted by Crippen LogP contribution is -2.12. The van der Waals surface area contributed by atoms with Crippen LogP contribution in [0.1, 0.15) is 16.1 Å². The molecule has 1 N–H and O–H groups in total. The van der Waals surface area contributed by atoms with E-state index < -0.39 is 9.05 Å². The Kier molecular flexibility index (Phi) is 4.40. The summed E-state index contributed by atoms with van der Waals surface area (Å²) in [5.41, 5.74) is 1.50. The molecule has 1 aromatic carbocycles. The summed E-state index contributed by atoms with van der Waals surface area (Å²) in [7, 11) is 3.17. The van der Waals surface area contributed by atoms with Gasteiger partial charge in [-0.3, -0.25) is 9.48 Å². The van der Waals surface area contributed by atoms with Crippen LogP contribution in [0.2, 0.25) is 0 Å². The van der Waals surface area contributed by atoms with Crippen molar-refractivity contribution in [2.75, 3.05) is 5.32 Å². The van der Waals surface area contributed by atoms with E-state index >= 15 is 0 Å². The van der Waals surface area contributed by atoms with Gasteiger partial charge in [-0.25, -0.2) is 8.42 Å². The van der Waals surface area contributed by atoms with Gasteiger partial charge >= 0.3 is 0 Å². The largest absolute Gasteiger partial charge is 0.322 e. The minimum atomic E-state index is -3.83. The number of benzene rings is 1. The van der Waals surface area contributed by atoms with Gasteiger partial charge in [-0.05, 0) is 41.1 Å². The summed E-state index contributed by atoms with van der Waals surface area (Å²) >= 11 is 3.12. The maximum absolute atomic E-state index is 12.1. The van der Waals surface area contributed by atoms with Gasteiger partial charge < -0.3 is 5.32 Å². The molecule has 0 aliphatic heterocycles. The van der Waals surface area contributed by atoms with Crippen molar-refractivity contribution in [2.24, 2.45) is 7.05 Å². The first-order chi connectivity index (χ1) is 9.68. The van der Waals surface area contributed by atoms with Crippen LogP contribution in [0.4, 0.5) is 5.69 Å². The maximum atomic E-state index is 12.1. The van der Waals surface area contributed by atoms with Crippen LogP contribution in [0.5, 0.6) is 0 Å². The van der Waals surface area contributed by atoms with Crippen molar-refractivity contribution < 1.29 is 13.2 Å². The summed E-state index contributed by atoms with van der Waals surface area (Å²) in [6, 6.07) is 4.25. The van der Waals surface area contributed by atoms with Gasteiger partial charge in [0.1, 0.15) is 0 Å². The van der Waals surface area contributed by atoms with Crippen LogP contribution in [-0.2, 0) is 16.1 Å². The highest BCUT2D eigenvalue weighted by Crippen LogP contribution is 2.28. The fraction of sp³-hybridized carbons (Fsp3) is 0.167. The third kappa shape index (κ3) is 3.63. The van der Waals surface area contributed by atoms with Gasteiger partial charge in [-0.1, -0.05) is 0 Å². The molecule has 0 aliphatic carbocycles. The number of anilines is 1. The van der Waals surface area contributed by atoms with E-state index in [0.29, 0.717) is 16.9 Å². The zero-order valence-electron chi connectivity index (χ0n) is 11.1. The number of aryl methyl sites for hydroxylation is 2. The number of hydrogen-bond donors (Lipinski definition) is 1. The summed E-state index contributed by atoms with van der Waals surface area (Å²) in [5.74, 6) is -0.325. The Morgan fingerprint density at radius 1 is 1.43 bits per heavy atom. The number of nitrogens with one attached hydrogen (secondary N) is 1. The Hall–Kier alpha value is -1.38. The number of carbonyl (C=O) groups is 1. The van der Waals surface area contributed by atoms with Crippen LogP contribution in [-0.4, -0.2) is 24.1 Å². The lowest BCUT2D eigenvalue weighted by atomic mass is 10.2. The average Bonchev–Trinajstić information content (AvgIpc) is 2.67. The molecule has 6 nitrogen and oxygen atoms in total. The molecule has 1 amide bonds. The van der Waals surface area contributed by atoms with Crippen molar-refractivity contribution in [2.45, 2.75) is 11.8 Å². The minimum Gasteiger partial charge on any atom is -0.322 e. The lowest BCUT2D eigenvalue weighted by Gasteiger charge is -2.07. The Labute approximate surface area is 134 Å². The summed E-state index contributed by atoms with van der Waals surface area (Å²) in [4.78, 5) is 12.1. The molecule has 0 radical (unpaired) electrons. The first kappa shape index (κ1) is 16.0. The monoisotopic (exact) mass is 391 g/mol. The molecule has 0 aliphatic rings. The summed E-state index contributed by atoms with van der Waals surface area (Å²) in [6.07, 6.45) is 1.61. The van der Waals surface area contributed by atoms with Crippen molar-refractivity contribution in [1.29, 1.82) is 0 Å². The quantitative estimate of drug-likeness (QED) is 0.814. The fourth-order valence-corrected chi connectivity index (χ4v) is 4.02. The van der Waals surface area contributed by atoms with Crippen molar-refractivity contribution in [1.82, 2.24) is 9.78 Å². The van der Waals surface area contributed by atoms with E-state index in [2.05, 4.69) is 26.3 Å². The number of hydrogen-bond acceptors (Lipinski definition) is 4. The molecular formula is C12H11BrClN3O3S. The van der Waals surface area contributed by atoms with E-state index in [4.69, 9.17) is 10.7 Å². The second-order valence-corrected chi connectivity index (χ2v) is 7.73. The second-order valence-electron chi connectivity index (χ2n) is 4.34. The highest BCUT2D eigenvalue weighted by molar-refractivity contribution is 9.10. The van der Waals surface area contributed by atoms with Gasteiger partial charge in [0.05, 0.1) is 16.2 Å². The number of amides is 1. The molecular weight excluding hydrogens is 382 g/mol. The van der Waals surface area contributed by atoms with Gasteiger partial charge in [0.25, 0.3) is 15.0 Å². The number of rotatable bonds is 3. The van der Waals surface area contributed by atoms with Crippen molar-refractivity contribution in [3.05, 3.63) is 40.1 Å². The molecule has 1 aromatic heterocycles. The van der Waals surface area contributed by atoms with E-state index in [-0.39, 0.29) is 15.3 Å².